The number of anilines is 2. The average Bonchev–Trinajstić information content (AvgIpc) is 2.95. The van der Waals surface area contributed by atoms with Crippen molar-refractivity contribution in [3.63, 3.8) is 0 Å². The predicted octanol–water partition coefficient (Wildman–Crippen LogP) is 3.54. The van der Waals surface area contributed by atoms with Crippen LogP contribution < -0.4 is 10.2 Å². The number of nitriles is 1. The number of benzene rings is 1. The van der Waals surface area contributed by atoms with Gasteiger partial charge in [0.2, 0.25) is 0 Å². The van der Waals surface area contributed by atoms with Crippen LogP contribution in [0.2, 0.25) is 0 Å². The van der Waals surface area contributed by atoms with E-state index in [2.05, 4.69) is 39.1 Å². The SMILES string of the molecule is CC[NH+](CC)Cc1nc(Nc2ccc(CC#N)cc2)c2c(C)c(C)sc2n1. The van der Waals surface area contributed by atoms with Crippen molar-refractivity contribution in [3.05, 3.63) is 46.1 Å². The zero-order valence-corrected chi connectivity index (χ0v) is 17.2. The van der Waals surface area contributed by atoms with Crippen molar-refractivity contribution >= 4 is 33.1 Å². The topological polar surface area (TPSA) is 66.0 Å². The Morgan fingerprint density at radius 3 is 2.44 bits per heavy atom. The van der Waals surface area contributed by atoms with Gasteiger partial charge in [0.1, 0.15) is 17.2 Å². The molecular formula is C21H26N5S+. The normalized spacial score (nSPS) is 11.1. The molecule has 0 unspecified atom stereocenters. The summed E-state index contributed by atoms with van der Waals surface area (Å²) in [6, 6.07) is 10.2. The number of aromatic nitrogens is 2. The number of hydrogen-bond acceptors (Lipinski definition) is 5. The number of aryl methyl sites for hydroxylation is 2. The van der Waals surface area contributed by atoms with Gasteiger partial charge in [-0.2, -0.15) is 5.26 Å². The highest BCUT2D eigenvalue weighted by Gasteiger charge is 2.17. The van der Waals surface area contributed by atoms with Gasteiger partial charge in [-0.25, -0.2) is 9.97 Å². The summed E-state index contributed by atoms with van der Waals surface area (Å²) in [4.78, 5) is 13.5. The molecule has 0 fully saturated rings. The van der Waals surface area contributed by atoms with Gasteiger partial charge in [-0.15, -0.1) is 11.3 Å². The first-order valence-electron chi connectivity index (χ1n) is 9.38. The summed E-state index contributed by atoms with van der Waals surface area (Å²) < 4.78 is 0. The summed E-state index contributed by atoms with van der Waals surface area (Å²) in [5.41, 5.74) is 3.23. The van der Waals surface area contributed by atoms with Crippen molar-refractivity contribution < 1.29 is 4.90 Å². The lowest BCUT2D eigenvalue weighted by Gasteiger charge is -2.15. The van der Waals surface area contributed by atoms with Crippen molar-refractivity contribution in [2.75, 3.05) is 18.4 Å². The Morgan fingerprint density at radius 1 is 1.11 bits per heavy atom. The van der Waals surface area contributed by atoms with E-state index in [1.54, 1.807) is 11.3 Å². The lowest BCUT2D eigenvalue weighted by Crippen LogP contribution is -3.10. The molecule has 0 amide bonds. The smallest absolute Gasteiger partial charge is 0.187 e. The molecule has 0 radical (unpaired) electrons. The zero-order valence-electron chi connectivity index (χ0n) is 16.4. The fourth-order valence-electron chi connectivity index (χ4n) is 3.12. The Morgan fingerprint density at radius 2 is 1.81 bits per heavy atom. The van der Waals surface area contributed by atoms with E-state index in [0.717, 1.165) is 52.7 Å². The second-order valence-corrected chi connectivity index (χ2v) is 7.95. The minimum absolute atomic E-state index is 0.428. The summed E-state index contributed by atoms with van der Waals surface area (Å²) in [5, 5.41) is 13.4. The van der Waals surface area contributed by atoms with Crippen LogP contribution in [0.15, 0.2) is 24.3 Å². The van der Waals surface area contributed by atoms with E-state index in [9.17, 15) is 0 Å². The van der Waals surface area contributed by atoms with Crippen LogP contribution in [0.5, 0.6) is 0 Å². The quantitative estimate of drug-likeness (QED) is 0.658. The number of quaternary nitrogens is 1. The molecule has 3 rings (SSSR count). The molecule has 3 aromatic rings. The first kappa shape index (κ1) is 19.3. The number of nitrogens with zero attached hydrogens (tertiary/aromatic N) is 3. The van der Waals surface area contributed by atoms with Crippen molar-refractivity contribution in [1.29, 1.82) is 5.26 Å². The van der Waals surface area contributed by atoms with Gasteiger partial charge < -0.3 is 10.2 Å². The van der Waals surface area contributed by atoms with Gasteiger partial charge in [-0.3, -0.25) is 0 Å². The maximum Gasteiger partial charge on any atom is 0.187 e. The molecule has 0 bridgehead atoms. The summed E-state index contributed by atoms with van der Waals surface area (Å²) in [6.45, 7) is 11.6. The number of fused-ring (bicyclic) bond motifs is 1. The monoisotopic (exact) mass is 380 g/mol. The molecule has 0 saturated carbocycles. The van der Waals surface area contributed by atoms with E-state index in [1.807, 2.05) is 24.3 Å². The van der Waals surface area contributed by atoms with Crippen molar-refractivity contribution in [2.45, 2.75) is 40.7 Å². The lowest BCUT2D eigenvalue weighted by atomic mass is 10.1. The highest BCUT2D eigenvalue weighted by Crippen LogP contribution is 2.34. The van der Waals surface area contributed by atoms with Crippen LogP contribution in [-0.2, 0) is 13.0 Å². The first-order chi connectivity index (χ1) is 13.0. The molecule has 2 aromatic heterocycles. The van der Waals surface area contributed by atoms with Crippen LogP contribution in [0.25, 0.3) is 10.2 Å². The van der Waals surface area contributed by atoms with Gasteiger partial charge in [0, 0.05) is 10.6 Å². The van der Waals surface area contributed by atoms with Gasteiger partial charge in [-0.05, 0) is 51.0 Å². The van der Waals surface area contributed by atoms with Crippen LogP contribution in [-0.4, -0.2) is 23.1 Å². The van der Waals surface area contributed by atoms with Crippen molar-refractivity contribution in [3.8, 4) is 6.07 Å². The third kappa shape index (κ3) is 4.26. The fraction of sp³-hybridized carbons (Fsp3) is 0.381. The third-order valence-electron chi connectivity index (χ3n) is 4.98. The molecule has 0 aliphatic heterocycles. The minimum Gasteiger partial charge on any atom is -0.340 e. The highest BCUT2D eigenvalue weighted by molar-refractivity contribution is 7.18. The van der Waals surface area contributed by atoms with Crippen molar-refractivity contribution in [2.24, 2.45) is 0 Å². The van der Waals surface area contributed by atoms with E-state index < -0.39 is 0 Å². The molecule has 0 aliphatic rings. The number of thiophene rings is 1. The summed E-state index contributed by atoms with van der Waals surface area (Å²) in [6.07, 6.45) is 0.428. The Balaban J connectivity index is 1.99. The number of nitrogens with one attached hydrogen (secondary N) is 2. The van der Waals surface area contributed by atoms with Gasteiger partial charge in [-0.1, -0.05) is 12.1 Å². The molecule has 0 aliphatic carbocycles. The Bertz CT molecular complexity index is 965. The molecule has 2 N–H and O–H groups in total. The van der Waals surface area contributed by atoms with Crippen LogP contribution in [0, 0.1) is 25.2 Å². The highest BCUT2D eigenvalue weighted by atomic mass is 32.1. The average molecular weight is 381 g/mol. The van der Waals surface area contributed by atoms with Crippen LogP contribution >= 0.6 is 11.3 Å². The minimum atomic E-state index is 0.428. The maximum absolute atomic E-state index is 8.84. The van der Waals surface area contributed by atoms with Gasteiger partial charge >= 0.3 is 0 Å². The molecular weight excluding hydrogens is 354 g/mol. The molecule has 0 saturated heterocycles. The molecule has 0 spiro atoms. The molecule has 1 aromatic carbocycles. The first-order valence-corrected chi connectivity index (χ1v) is 10.2. The maximum atomic E-state index is 8.84. The second kappa shape index (κ2) is 8.47. The van der Waals surface area contributed by atoms with E-state index in [1.165, 1.54) is 15.3 Å². The molecule has 0 atom stereocenters. The van der Waals surface area contributed by atoms with Crippen LogP contribution in [0.4, 0.5) is 11.5 Å². The van der Waals surface area contributed by atoms with Crippen molar-refractivity contribution in [1.82, 2.24) is 9.97 Å². The van der Waals surface area contributed by atoms with Gasteiger partial charge in [0.05, 0.1) is 31.0 Å². The molecule has 6 heteroatoms. The molecule has 2 heterocycles. The second-order valence-electron chi connectivity index (χ2n) is 6.74. The van der Waals surface area contributed by atoms with E-state index in [0.29, 0.717) is 6.42 Å². The summed E-state index contributed by atoms with van der Waals surface area (Å²) in [5.74, 6) is 1.75. The van der Waals surface area contributed by atoms with Crippen LogP contribution in [0.3, 0.4) is 0 Å². The molecule has 27 heavy (non-hydrogen) atoms. The third-order valence-corrected chi connectivity index (χ3v) is 6.08. The van der Waals surface area contributed by atoms with Crippen LogP contribution in [0.1, 0.15) is 35.7 Å². The standard InChI is InChI=1S/C21H25N5S/c1-5-26(6-2)13-18-24-20(19-14(3)15(4)27-21(19)25-18)23-17-9-7-16(8-10-17)11-12-22/h7-10H,5-6,11,13H2,1-4H3,(H,23,24,25)/p+1. The zero-order chi connectivity index (χ0) is 19.4. The molecule has 140 valence electrons. The van der Waals surface area contributed by atoms with E-state index in [-0.39, 0.29) is 0 Å². The number of rotatable bonds is 7. The number of hydrogen-bond donors (Lipinski definition) is 2. The Labute approximate surface area is 164 Å². The molecule has 5 nitrogen and oxygen atoms in total. The van der Waals surface area contributed by atoms with E-state index >= 15 is 0 Å². The summed E-state index contributed by atoms with van der Waals surface area (Å²) >= 11 is 1.73. The Kier molecular flexibility index (Phi) is 6.04. The fourth-order valence-corrected chi connectivity index (χ4v) is 4.17. The van der Waals surface area contributed by atoms with E-state index in [4.69, 9.17) is 15.2 Å². The summed E-state index contributed by atoms with van der Waals surface area (Å²) in [7, 11) is 0. The lowest BCUT2D eigenvalue weighted by molar-refractivity contribution is -0.910. The predicted molar refractivity (Wildman–Crippen MR) is 112 cm³/mol. The largest absolute Gasteiger partial charge is 0.340 e. The Hall–Kier alpha value is -2.49. The van der Waals surface area contributed by atoms with Gasteiger partial charge in [0.15, 0.2) is 5.82 Å². The van der Waals surface area contributed by atoms with Gasteiger partial charge in [0.25, 0.3) is 0 Å².